The third-order valence-electron chi connectivity index (χ3n) is 4.18. The maximum atomic E-state index is 11.4. The van der Waals surface area contributed by atoms with E-state index in [1.807, 2.05) is 36.4 Å². The summed E-state index contributed by atoms with van der Waals surface area (Å²) in [5.74, 6) is -0.537. The molecule has 3 heteroatoms. The van der Waals surface area contributed by atoms with Crippen LogP contribution in [0.3, 0.4) is 0 Å². The summed E-state index contributed by atoms with van der Waals surface area (Å²) in [5, 5.41) is 20.7. The number of hydrogen-bond acceptors (Lipinski definition) is 3. The van der Waals surface area contributed by atoms with Crippen molar-refractivity contribution in [1.29, 1.82) is 5.26 Å². The number of rotatable bonds is 1. The van der Waals surface area contributed by atoms with Crippen molar-refractivity contribution in [3.63, 3.8) is 0 Å². The third-order valence-corrected chi connectivity index (χ3v) is 4.18. The molecule has 1 heterocycles. The molecule has 0 radical (unpaired) electrons. The first-order valence-electron chi connectivity index (χ1n) is 6.82. The number of aromatic nitrogens is 1. The highest BCUT2D eigenvalue weighted by Gasteiger charge is 2.42. The molecule has 0 saturated heterocycles. The lowest BCUT2D eigenvalue weighted by Crippen LogP contribution is -2.35. The lowest BCUT2D eigenvalue weighted by Gasteiger charge is -2.32. The first-order valence-corrected chi connectivity index (χ1v) is 6.82. The van der Waals surface area contributed by atoms with E-state index in [4.69, 9.17) is 0 Å². The molecule has 0 bridgehead atoms. The second-order valence-corrected chi connectivity index (χ2v) is 5.27. The van der Waals surface area contributed by atoms with E-state index in [0.717, 1.165) is 35.2 Å². The highest BCUT2D eigenvalue weighted by atomic mass is 16.3. The van der Waals surface area contributed by atoms with Gasteiger partial charge >= 0.3 is 0 Å². The average Bonchev–Trinajstić information content (AvgIpc) is 2.64. The molecule has 2 aromatic rings. The summed E-state index contributed by atoms with van der Waals surface area (Å²) in [5.41, 5.74) is 2.29. The van der Waals surface area contributed by atoms with E-state index in [9.17, 15) is 10.4 Å². The number of hydrogen-bond donors (Lipinski definition) is 1. The van der Waals surface area contributed by atoms with Gasteiger partial charge in [0.25, 0.3) is 0 Å². The molecule has 20 heavy (non-hydrogen) atoms. The lowest BCUT2D eigenvalue weighted by molar-refractivity contribution is 0.0453. The Bertz CT molecular complexity index is 640. The van der Waals surface area contributed by atoms with Gasteiger partial charge < -0.3 is 5.11 Å². The van der Waals surface area contributed by atoms with Gasteiger partial charge in [0.2, 0.25) is 0 Å². The van der Waals surface area contributed by atoms with Crippen molar-refractivity contribution >= 4 is 0 Å². The van der Waals surface area contributed by atoms with Crippen LogP contribution < -0.4 is 0 Å². The molecule has 0 unspecified atom stereocenters. The van der Waals surface area contributed by atoms with E-state index in [0.29, 0.717) is 0 Å². The van der Waals surface area contributed by atoms with Gasteiger partial charge in [0.05, 0.1) is 12.0 Å². The Hall–Kier alpha value is -2.18. The number of fused-ring (bicyclic) bond motifs is 2. The van der Waals surface area contributed by atoms with Crippen LogP contribution in [-0.2, 0) is 18.4 Å². The normalized spacial score (nSPS) is 22.1. The number of pyridine rings is 1. The first kappa shape index (κ1) is 12.8. The highest BCUT2D eigenvalue weighted by molar-refractivity contribution is 5.47. The summed E-state index contributed by atoms with van der Waals surface area (Å²) < 4.78 is 0. The molecule has 1 aromatic heterocycles. The average molecular weight is 264 g/mol. The zero-order valence-electron chi connectivity index (χ0n) is 11.4. The highest BCUT2D eigenvalue weighted by Crippen LogP contribution is 2.41. The zero-order chi connectivity index (χ0) is 14.2. The molecule has 0 saturated carbocycles. The van der Waals surface area contributed by atoms with Crippen molar-refractivity contribution in [3.05, 3.63) is 65.0 Å². The molecule has 3 rings (SSSR count). The fraction of sp³-hybridized carbons (Fsp3) is 0.294. The Balaban J connectivity index is 2.33. The van der Waals surface area contributed by atoms with Crippen LogP contribution in [-0.4, -0.2) is 10.1 Å². The Labute approximate surface area is 118 Å². The molecule has 100 valence electrons. The van der Waals surface area contributed by atoms with Gasteiger partial charge in [-0.05, 0) is 37.0 Å². The molecule has 1 aliphatic carbocycles. The Morgan fingerprint density at radius 3 is 2.75 bits per heavy atom. The summed E-state index contributed by atoms with van der Waals surface area (Å²) in [7, 11) is 0. The SMILES string of the molecule is C[C@H](C#N)[C@@]1(O)c2ccccc2CCc2ncccc21. The van der Waals surface area contributed by atoms with Crippen LogP contribution in [0.15, 0.2) is 42.6 Å². The minimum atomic E-state index is -1.29. The third kappa shape index (κ3) is 1.73. The molecule has 1 N–H and O–H groups in total. The summed E-state index contributed by atoms with van der Waals surface area (Å²) in [6.45, 7) is 1.76. The Kier molecular flexibility index (Phi) is 3.04. The fourth-order valence-corrected chi connectivity index (χ4v) is 3.05. The van der Waals surface area contributed by atoms with Gasteiger partial charge in [-0.15, -0.1) is 0 Å². The number of benzene rings is 1. The smallest absolute Gasteiger partial charge is 0.132 e. The summed E-state index contributed by atoms with van der Waals surface area (Å²) in [6.07, 6.45) is 3.36. The van der Waals surface area contributed by atoms with Crippen molar-refractivity contribution in [1.82, 2.24) is 4.98 Å². The minimum Gasteiger partial charge on any atom is -0.379 e. The first-order chi connectivity index (χ1) is 9.67. The summed E-state index contributed by atoms with van der Waals surface area (Å²) >= 11 is 0. The van der Waals surface area contributed by atoms with Gasteiger partial charge in [-0.2, -0.15) is 5.26 Å². The van der Waals surface area contributed by atoms with Gasteiger partial charge in [0, 0.05) is 17.5 Å². The van der Waals surface area contributed by atoms with E-state index in [-0.39, 0.29) is 0 Å². The Morgan fingerprint density at radius 1 is 1.20 bits per heavy atom. The van der Waals surface area contributed by atoms with Crippen molar-refractivity contribution in [2.45, 2.75) is 25.4 Å². The molecule has 2 atom stereocenters. The van der Waals surface area contributed by atoms with Crippen LogP contribution >= 0.6 is 0 Å². The van der Waals surface area contributed by atoms with Crippen LogP contribution in [0.1, 0.15) is 29.3 Å². The predicted molar refractivity (Wildman–Crippen MR) is 75.9 cm³/mol. The van der Waals surface area contributed by atoms with Crippen LogP contribution in [0.25, 0.3) is 0 Å². The maximum Gasteiger partial charge on any atom is 0.132 e. The van der Waals surface area contributed by atoms with Gasteiger partial charge in [-0.25, -0.2) is 0 Å². The monoisotopic (exact) mass is 264 g/mol. The quantitative estimate of drug-likeness (QED) is 0.861. The molecule has 0 amide bonds. The van der Waals surface area contributed by atoms with Gasteiger partial charge in [0.1, 0.15) is 5.60 Å². The molecule has 0 spiro atoms. The molecular weight excluding hydrogens is 248 g/mol. The van der Waals surface area contributed by atoms with Crippen LogP contribution in [0.4, 0.5) is 0 Å². The number of nitriles is 1. The Morgan fingerprint density at radius 2 is 1.95 bits per heavy atom. The van der Waals surface area contributed by atoms with Crippen molar-refractivity contribution in [2.24, 2.45) is 5.92 Å². The number of aryl methyl sites for hydroxylation is 2. The van der Waals surface area contributed by atoms with Crippen molar-refractivity contribution in [3.8, 4) is 6.07 Å². The number of nitrogens with zero attached hydrogens (tertiary/aromatic N) is 2. The van der Waals surface area contributed by atoms with Gasteiger partial charge in [-0.3, -0.25) is 4.98 Å². The topological polar surface area (TPSA) is 56.9 Å². The van der Waals surface area contributed by atoms with Crippen molar-refractivity contribution in [2.75, 3.05) is 0 Å². The zero-order valence-corrected chi connectivity index (χ0v) is 11.4. The van der Waals surface area contributed by atoms with E-state index in [1.165, 1.54) is 0 Å². The van der Waals surface area contributed by atoms with Crippen LogP contribution in [0, 0.1) is 17.2 Å². The molecule has 3 nitrogen and oxygen atoms in total. The second kappa shape index (κ2) is 4.73. The molecular formula is C17H16N2O. The summed E-state index contributed by atoms with van der Waals surface area (Å²) in [4.78, 5) is 4.41. The largest absolute Gasteiger partial charge is 0.379 e. The summed E-state index contributed by atoms with van der Waals surface area (Å²) in [6, 6.07) is 13.7. The van der Waals surface area contributed by atoms with E-state index >= 15 is 0 Å². The molecule has 0 aliphatic heterocycles. The predicted octanol–water partition coefficient (Wildman–Crippen LogP) is 2.58. The van der Waals surface area contributed by atoms with E-state index in [2.05, 4.69) is 11.1 Å². The second-order valence-electron chi connectivity index (χ2n) is 5.27. The van der Waals surface area contributed by atoms with E-state index in [1.54, 1.807) is 13.1 Å². The molecule has 1 aromatic carbocycles. The van der Waals surface area contributed by atoms with E-state index < -0.39 is 11.5 Å². The maximum absolute atomic E-state index is 11.4. The van der Waals surface area contributed by atoms with Crippen molar-refractivity contribution < 1.29 is 5.11 Å². The number of aliphatic hydroxyl groups is 1. The van der Waals surface area contributed by atoms with Crippen LogP contribution in [0.2, 0.25) is 0 Å². The van der Waals surface area contributed by atoms with Gasteiger partial charge in [-0.1, -0.05) is 30.3 Å². The molecule has 0 fully saturated rings. The van der Waals surface area contributed by atoms with Crippen LogP contribution in [0.5, 0.6) is 0 Å². The minimum absolute atomic E-state index is 0.537. The lowest BCUT2D eigenvalue weighted by atomic mass is 9.76. The van der Waals surface area contributed by atoms with Gasteiger partial charge in [0.15, 0.2) is 0 Å². The standard InChI is InChI=1S/C17H16N2O/c1-12(11-18)17(20)14-6-3-2-5-13(14)8-9-16-15(17)7-4-10-19-16/h2-7,10,12,20H,8-9H2,1H3/t12-,17-/m1/s1. The molecule has 1 aliphatic rings. The fourth-order valence-electron chi connectivity index (χ4n) is 3.05.